The summed E-state index contributed by atoms with van der Waals surface area (Å²) in [6, 6.07) is 0. The molecule has 0 aliphatic heterocycles. The Hall–Kier alpha value is -1.01. The van der Waals surface area contributed by atoms with E-state index < -0.39 is 0 Å². The second kappa shape index (κ2) is 6.43. The number of methoxy groups -OCH3 is 2. The van der Waals surface area contributed by atoms with Gasteiger partial charge in [-0.05, 0) is 38.5 Å². The van der Waals surface area contributed by atoms with Gasteiger partial charge in [-0.1, -0.05) is 18.3 Å². The van der Waals surface area contributed by atoms with E-state index >= 15 is 0 Å². The van der Waals surface area contributed by atoms with Crippen LogP contribution in [0.4, 0.5) is 0 Å². The molecule has 2 fully saturated rings. The van der Waals surface area contributed by atoms with E-state index in [4.69, 9.17) is 9.47 Å². The number of hydrogen-bond donors (Lipinski definition) is 0. The monoisotopic (exact) mass is 264 g/mol. The maximum absolute atomic E-state index is 11.5. The summed E-state index contributed by atoms with van der Waals surface area (Å²) in [6.45, 7) is 0.761. The minimum atomic E-state index is -0.0544. The van der Waals surface area contributed by atoms with Crippen molar-refractivity contribution in [1.29, 1.82) is 0 Å². The Bertz CT molecular complexity index is 365. The molecule has 0 spiro atoms. The third-order valence-electron chi connectivity index (χ3n) is 4.53. The van der Waals surface area contributed by atoms with Crippen molar-refractivity contribution in [2.45, 2.75) is 44.9 Å². The lowest BCUT2D eigenvalue weighted by Gasteiger charge is -2.36. The van der Waals surface area contributed by atoms with E-state index in [2.05, 4.69) is 11.8 Å². The summed E-state index contributed by atoms with van der Waals surface area (Å²) in [5.74, 6) is 7.41. The highest BCUT2D eigenvalue weighted by Gasteiger charge is 2.35. The first-order valence-corrected chi connectivity index (χ1v) is 7.28. The molecule has 2 aliphatic carbocycles. The van der Waals surface area contributed by atoms with Crippen molar-refractivity contribution in [3.63, 3.8) is 0 Å². The number of carbonyl (C=O) groups excluding carboxylic acids is 1. The number of ether oxygens (including phenoxy) is 2. The molecular weight excluding hydrogens is 240 g/mol. The quantitative estimate of drug-likeness (QED) is 0.581. The minimum Gasteiger partial charge on any atom is -0.469 e. The average molecular weight is 264 g/mol. The summed E-state index contributed by atoms with van der Waals surface area (Å²) in [6.07, 6.45) is 7.50. The molecule has 0 aromatic rings. The first kappa shape index (κ1) is 14.4. The molecule has 0 atom stereocenters. The smallest absolute Gasteiger partial charge is 0.308 e. The topological polar surface area (TPSA) is 35.5 Å². The van der Waals surface area contributed by atoms with E-state index in [0.717, 1.165) is 32.3 Å². The van der Waals surface area contributed by atoms with Crippen LogP contribution in [0.3, 0.4) is 0 Å². The Morgan fingerprint density at radius 2 is 1.89 bits per heavy atom. The first-order chi connectivity index (χ1) is 9.19. The second-order valence-corrected chi connectivity index (χ2v) is 5.91. The van der Waals surface area contributed by atoms with Gasteiger partial charge in [0.15, 0.2) is 0 Å². The average Bonchev–Trinajstić information content (AvgIpc) is 2.41. The van der Waals surface area contributed by atoms with Gasteiger partial charge in [-0.15, -0.1) is 0 Å². The third kappa shape index (κ3) is 3.51. The zero-order valence-corrected chi connectivity index (χ0v) is 12.0. The van der Waals surface area contributed by atoms with Crippen LogP contribution in [0, 0.1) is 29.1 Å². The standard InChI is InChI=1S/C16H24O3/c1-18-12-16(9-3-10-16)11-8-13-4-6-14(7-5-13)15(17)19-2/h13-14H,3-7,9-10,12H2,1-2H3. The zero-order chi connectivity index (χ0) is 13.7. The molecule has 0 amide bonds. The first-order valence-electron chi connectivity index (χ1n) is 7.28. The van der Waals surface area contributed by atoms with Gasteiger partial charge in [0.05, 0.1) is 25.0 Å². The summed E-state index contributed by atoms with van der Waals surface area (Å²) < 4.78 is 10.1. The van der Waals surface area contributed by atoms with Crippen molar-refractivity contribution >= 4 is 5.97 Å². The Labute approximate surface area is 116 Å². The fourth-order valence-corrected chi connectivity index (χ4v) is 3.08. The van der Waals surface area contributed by atoms with Crippen molar-refractivity contribution in [3.05, 3.63) is 0 Å². The van der Waals surface area contributed by atoms with Crippen LogP contribution in [0.25, 0.3) is 0 Å². The van der Waals surface area contributed by atoms with Crippen molar-refractivity contribution in [3.8, 4) is 11.8 Å². The molecule has 3 nitrogen and oxygen atoms in total. The van der Waals surface area contributed by atoms with E-state index in [1.165, 1.54) is 26.4 Å². The molecule has 2 saturated carbocycles. The van der Waals surface area contributed by atoms with Crippen LogP contribution in [-0.2, 0) is 14.3 Å². The van der Waals surface area contributed by atoms with Crippen LogP contribution < -0.4 is 0 Å². The van der Waals surface area contributed by atoms with Gasteiger partial charge in [0.2, 0.25) is 0 Å². The maximum Gasteiger partial charge on any atom is 0.308 e. The highest BCUT2D eigenvalue weighted by molar-refractivity contribution is 5.72. The molecule has 0 bridgehead atoms. The van der Waals surface area contributed by atoms with Crippen LogP contribution in [0.5, 0.6) is 0 Å². The molecule has 0 N–H and O–H groups in total. The molecule has 0 radical (unpaired) electrons. The van der Waals surface area contributed by atoms with Crippen molar-refractivity contribution in [2.24, 2.45) is 17.3 Å². The van der Waals surface area contributed by atoms with Gasteiger partial charge >= 0.3 is 5.97 Å². The van der Waals surface area contributed by atoms with Crippen LogP contribution in [0.1, 0.15) is 44.9 Å². The van der Waals surface area contributed by atoms with E-state index in [0.29, 0.717) is 5.92 Å². The van der Waals surface area contributed by atoms with E-state index in [9.17, 15) is 4.79 Å². The fourth-order valence-electron chi connectivity index (χ4n) is 3.08. The van der Waals surface area contributed by atoms with Crippen molar-refractivity contribution < 1.29 is 14.3 Å². The molecular formula is C16H24O3. The van der Waals surface area contributed by atoms with Gasteiger partial charge in [-0.25, -0.2) is 0 Å². The molecule has 106 valence electrons. The number of hydrogen-bond acceptors (Lipinski definition) is 3. The predicted octanol–water partition coefficient (Wildman–Crippen LogP) is 2.79. The number of esters is 1. The molecule has 0 saturated heterocycles. The Morgan fingerprint density at radius 3 is 2.37 bits per heavy atom. The second-order valence-electron chi connectivity index (χ2n) is 5.91. The highest BCUT2D eigenvalue weighted by Crippen LogP contribution is 2.40. The van der Waals surface area contributed by atoms with Crippen LogP contribution >= 0.6 is 0 Å². The normalized spacial score (nSPS) is 28.7. The summed E-state index contributed by atoms with van der Waals surface area (Å²) in [5.41, 5.74) is 0.133. The van der Waals surface area contributed by atoms with Crippen molar-refractivity contribution in [1.82, 2.24) is 0 Å². The lowest BCUT2D eigenvalue weighted by molar-refractivity contribution is -0.146. The van der Waals surface area contributed by atoms with Gasteiger partial charge in [0, 0.05) is 13.0 Å². The van der Waals surface area contributed by atoms with Gasteiger partial charge in [0.25, 0.3) is 0 Å². The van der Waals surface area contributed by atoms with E-state index in [-0.39, 0.29) is 17.3 Å². The Morgan fingerprint density at radius 1 is 1.21 bits per heavy atom. The van der Waals surface area contributed by atoms with Gasteiger partial charge < -0.3 is 9.47 Å². The third-order valence-corrected chi connectivity index (χ3v) is 4.53. The molecule has 2 aliphatic rings. The SMILES string of the molecule is COCC1(C#CC2CCC(C(=O)OC)CC2)CCC1. The molecule has 0 aromatic heterocycles. The van der Waals surface area contributed by atoms with Crippen LogP contribution in [0.15, 0.2) is 0 Å². The lowest BCUT2D eigenvalue weighted by Crippen LogP contribution is -2.32. The molecule has 2 rings (SSSR count). The number of rotatable bonds is 3. The summed E-state index contributed by atoms with van der Waals surface area (Å²) in [5, 5.41) is 0. The zero-order valence-electron chi connectivity index (χ0n) is 12.0. The van der Waals surface area contributed by atoms with E-state index in [1.54, 1.807) is 7.11 Å². The Balaban J connectivity index is 1.84. The molecule has 0 heterocycles. The largest absolute Gasteiger partial charge is 0.469 e. The molecule has 3 heteroatoms. The van der Waals surface area contributed by atoms with Crippen LogP contribution in [-0.4, -0.2) is 26.8 Å². The Kier molecular flexibility index (Phi) is 4.87. The van der Waals surface area contributed by atoms with Crippen molar-refractivity contribution in [2.75, 3.05) is 20.8 Å². The fraction of sp³-hybridized carbons (Fsp3) is 0.812. The summed E-state index contributed by atoms with van der Waals surface area (Å²) >= 11 is 0. The van der Waals surface area contributed by atoms with Gasteiger partial charge in [-0.2, -0.15) is 0 Å². The molecule has 0 aromatic carbocycles. The minimum absolute atomic E-state index is 0.0544. The summed E-state index contributed by atoms with van der Waals surface area (Å²) in [4.78, 5) is 11.5. The summed E-state index contributed by atoms with van der Waals surface area (Å²) in [7, 11) is 3.22. The molecule has 19 heavy (non-hydrogen) atoms. The maximum atomic E-state index is 11.5. The number of carbonyl (C=O) groups is 1. The van der Waals surface area contributed by atoms with Gasteiger partial charge in [-0.3, -0.25) is 4.79 Å². The van der Waals surface area contributed by atoms with E-state index in [1.807, 2.05) is 0 Å². The lowest BCUT2D eigenvalue weighted by atomic mass is 9.69. The van der Waals surface area contributed by atoms with Crippen LogP contribution in [0.2, 0.25) is 0 Å². The highest BCUT2D eigenvalue weighted by atomic mass is 16.5. The molecule has 0 unspecified atom stereocenters. The predicted molar refractivity (Wildman–Crippen MR) is 73.4 cm³/mol. The van der Waals surface area contributed by atoms with Gasteiger partial charge in [0.1, 0.15) is 0 Å².